The van der Waals surface area contributed by atoms with Crippen LogP contribution in [-0.2, 0) is 4.79 Å². The number of nitrogens with one attached hydrogen (secondary N) is 1. The van der Waals surface area contributed by atoms with Gasteiger partial charge in [0.15, 0.2) is 0 Å². The number of rotatable bonds is 5. The molecule has 0 aliphatic rings. The topological polar surface area (TPSA) is 105 Å². The molecule has 0 fully saturated rings. The maximum atomic E-state index is 11.3. The van der Waals surface area contributed by atoms with Gasteiger partial charge in [0.2, 0.25) is 0 Å². The summed E-state index contributed by atoms with van der Waals surface area (Å²) in [7, 11) is 0. The molecule has 0 aromatic carbocycles. The standard InChI is InChI=1S/C13H19N3O3/c1-12(2,11(18)19)13(3,4)16-10-8(9(14)17)6-5-7-15-10/h5-7H,1-4H3,(H2,14,17)(H,15,16)(H,18,19). The number of aliphatic carboxylic acids is 1. The number of carboxylic acids is 1. The van der Waals surface area contributed by atoms with Crippen molar-refractivity contribution in [3.63, 3.8) is 0 Å². The number of nitrogens with two attached hydrogens (primary N) is 1. The molecule has 0 spiro atoms. The number of amides is 1. The van der Waals surface area contributed by atoms with Crippen LogP contribution in [-0.4, -0.2) is 27.5 Å². The van der Waals surface area contributed by atoms with E-state index in [0.29, 0.717) is 0 Å². The lowest BCUT2D eigenvalue weighted by atomic mass is 9.74. The summed E-state index contributed by atoms with van der Waals surface area (Å²) >= 11 is 0. The van der Waals surface area contributed by atoms with Crippen LogP contribution < -0.4 is 11.1 Å². The van der Waals surface area contributed by atoms with E-state index in [1.807, 2.05) is 0 Å². The number of anilines is 1. The fraction of sp³-hybridized carbons (Fsp3) is 0.462. The van der Waals surface area contributed by atoms with E-state index in [0.717, 1.165) is 0 Å². The van der Waals surface area contributed by atoms with Crippen molar-refractivity contribution in [1.82, 2.24) is 4.98 Å². The smallest absolute Gasteiger partial charge is 0.311 e. The van der Waals surface area contributed by atoms with E-state index in [1.165, 1.54) is 6.20 Å². The molecule has 0 aliphatic heterocycles. The number of carbonyl (C=O) groups is 2. The van der Waals surface area contributed by atoms with Crippen LogP contribution in [0.2, 0.25) is 0 Å². The zero-order valence-electron chi connectivity index (χ0n) is 11.5. The highest BCUT2D eigenvalue weighted by Crippen LogP contribution is 2.34. The van der Waals surface area contributed by atoms with Crippen LogP contribution in [0.3, 0.4) is 0 Å². The normalized spacial score (nSPS) is 12.0. The van der Waals surface area contributed by atoms with Crippen molar-refractivity contribution in [2.24, 2.45) is 11.1 Å². The van der Waals surface area contributed by atoms with Gasteiger partial charge in [-0.15, -0.1) is 0 Å². The molecule has 1 rings (SSSR count). The Labute approximate surface area is 112 Å². The maximum absolute atomic E-state index is 11.3. The quantitative estimate of drug-likeness (QED) is 0.747. The van der Waals surface area contributed by atoms with Crippen molar-refractivity contribution >= 4 is 17.7 Å². The van der Waals surface area contributed by atoms with Crippen molar-refractivity contribution in [3.8, 4) is 0 Å². The van der Waals surface area contributed by atoms with Gasteiger partial charge in [-0.3, -0.25) is 9.59 Å². The Morgan fingerprint density at radius 1 is 1.32 bits per heavy atom. The van der Waals surface area contributed by atoms with Crippen molar-refractivity contribution < 1.29 is 14.7 Å². The van der Waals surface area contributed by atoms with E-state index in [2.05, 4.69) is 10.3 Å². The average Bonchev–Trinajstić information content (AvgIpc) is 2.28. The molecule has 0 aliphatic carbocycles. The summed E-state index contributed by atoms with van der Waals surface area (Å²) in [5, 5.41) is 12.3. The zero-order valence-corrected chi connectivity index (χ0v) is 11.5. The predicted octanol–water partition coefficient (Wildman–Crippen LogP) is 1.48. The van der Waals surface area contributed by atoms with Gasteiger partial charge < -0.3 is 16.2 Å². The lowest BCUT2D eigenvalue weighted by Gasteiger charge is -2.39. The average molecular weight is 265 g/mol. The van der Waals surface area contributed by atoms with Gasteiger partial charge in [0.05, 0.1) is 11.0 Å². The largest absolute Gasteiger partial charge is 0.481 e. The molecule has 1 aromatic rings. The van der Waals surface area contributed by atoms with Crippen LogP contribution in [0.1, 0.15) is 38.1 Å². The Kier molecular flexibility index (Phi) is 3.83. The summed E-state index contributed by atoms with van der Waals surface area (Å²) < 4.78 is 0. The number of hydrogen-bond acceptors (Lipinski definition) is 4. The molecule has 0 unspecified atom stereocenters. The first-order valence-electron chi connectivity index (χ1n) is 5.86. The second kappa shape index (κ2) is 4.87. The number of aromatic nitrogens is 1. The predicted molar refractivity (Wildman–Crippen MR) is 71.9 cm³/mol. The highest BCUT2D eigenvalue weighted by molar-refractivity contribution is 5.97. The van der Waals surface area contributed by atoms with Crippen molar-refractivity contribution in [2.45, 2.75) is 33.2 Å². The first kappa shape index (κ1) is 14.9. The molecule has 19 heavy (non-hydrogen) atoms. The third kappa shape index (κ3) is 2.83. The zero-order chi connectivity index (χ0) is 14.8. The van der Waals surface area contributed by atoms with E-state index in [1.54, 1.807) is 39.8 Å². The van der Waals surface area contributed by atoms with E-state index >= 15 is 0 Å². The molecule has 1 amide bonds. The molecule has 0 bridgehead atoms. The summed E-state index contributed by atoms with van der Waals surface area (Å²) in [4.78, 5) is 26.7. The molecule has 1 aromatic heterocycles. The van der Waals surface area contributed by atoms with Gasteiger partial charge in [0.25, 0.3) is 5.91 Å². The Balaban J connectivity index is 3.15. The Morgan fingerprint density at radius 2 is 1.89 bits per heavy atom. The van der Waals surface area contributed by atoms with Gasteiger partial charge in [-0.2, -0.15) is 0 Å². The SMILES string of the molecule is CC(C)(Nc1ncccc1C(N)=O)C(C)(C)C(=O)O. The van der Waals surface area contributed by atoms with Gasteiger partial charge in [-0.1, -0.05) is 0 Å². The molecule has 6 heteroatoms. The molecule has 0 atom stereocenters. The first-order valence-corrected chi connectivity index (χ1v) is 5.86. The minimum absolute atomic E-state index is 0.233. The molecule has 4 N–H and O–H groups in total. The summed E-state index contributed by atoms with van der Waals surface area (Å²) in [5.41, 5.74) is 3.62. The third-order valence-corrected chi connectivity index (χ3v) is 3.60. The molecule has 6 nitrogen and oxygen atoms in total. The molecule has 1 heterocycles. The second-order valence-electron chi connectivity index (χ2n) is 5.44. The molecular formula is C13H19N3O3. The monoisotopic (exact) mass is 265 g/mol. The molecule has 0 saturated carbocycles. The number of carboxylic acid groups (broad SMARTS) is 1. The first-order chi connectivity index (χ1) is 8.59. The molecule has 104 valence electrons. The van der Waals surface area contributed by atoms with Crippen LogP contribution in [0.15, 0.2) is 18.3 Å². The molecule has 0 radical (unpaired) electrons. The lowest BCUT2D eigenvalue weighted by molar-refractivity contribution is -0.149. The summed E-state index contributed by atoms with van der Waals surface area (Å²) in [6.45, 7) is 6.69. The van der Waals surface area contributed by atoms with Crippen LogP contribution in [0, 0.1) is 5.41 Å². The number of pyridine rings is 1. The number of primary amides is 1. The van der Waals surface area contributed by atoms with Crippen molar-refractivity contribution in [2.75, 3.05) is 5.32 Å². The van der Waals surface area contributed by atoms with Crippen LogP contribution >= 0.6 is 0 Å². The maximum Gasteiger partial charge on any atom is 0.311 e. The van der Waals surface area contributed by atoms with Gasteiger partial charge in [0, 0.05) is 11.7 Å². The Morgan fingerprint density at radius 3 is 2.37 bits per heavy atom. The molecular weight excluding hydrogens is 246 g/mol. The molecule has 0 saturated heterocycles. The van der Waals surface area contributed by atoms with Gasteiger partial charge >= 0.3 is 5.97 Å². The fourth-order valence-electron chi connectivity index (χ4n) is 1.42. The minimum atomic E-state index is -1.06. The van der Waals surface area contributed by atoms with E-state index in [4.69, 9.17) is 5.73 Å². The van der Waals surface area contributed by atoms with Crippen LogP contribution in [0.25, 0.3) is 0 Å². The highest BCUT2D eigenvalue weighted by Gasteiger charge is 2.44. The minimum Gasteiger partial charge on any atom is -0.481 e. The Hall–Kier alpha value is -2.11. The van der Waals surface area contributed by atoms with Crippen molar-refractivity contribution in [3.05, 3.63) is 23.9 Å². The van der Waals surface area contributed by atoms with Gasteiger partial charge in [-0.05, 0) is 39.8 Å². The van der Waals surface area contributed by atoms with E-state index < -0.39 is 22.8 Å². The van der Waals surface area contributed by atoms with E-state index in [-0.39, 0.29) is 11.4 Å². The summed E-state index contributed by atoms with van der Waals surface area (Å²) in [6, 6.07) is 3.14. The summed E-state index contributed by atoms with van der Waals surface area (Å²) in [6.07, 6.45) is 1.51. The van der Waals surface area contributed by atoms with Crippen LogP contribution in [0.5, 0.6) is 0 Å². The van der Waals surface area contributed by atoms with Gasteiger partial charge in [-0.25, -0.2) is 4.98 Å². The lowest BCUT2D eigenvalue weighted by Crippen LogP contribution is -2.51. The number of hydrogen-bond donors (Lipinski definition) is 3. The van der Waals surface area contributed by atoms with Crippen molar-refractivity contribution in [1.29, 1.82) is 0 Å². The number of carbonyl (C=O) groups excluding carboxylic acids is 1. The Bertz CT molecular complexity index is 510. The highest BCUT2D eigenvalue weighted by atomic mass is 16.4. The van der Waals surface area contributed by atoms with Gasteiger partial charge in [0.1, 0.15) is 5.82 Å². The summed E-state index contributed by atoms with van der Waals surface area (Å²) in [5.74, 6) is -1.27. The van der Waals surface area contributed by atoms with Crippen LogP contribution in [0.4, 0.5) is 5.82 Å². The van der Waals surface area contributed by atoms with E-state index in [9.17, 15) is 14.7 Å². The number of nitrogens with zero attached hydrogens (tertiary/aromatic N) is 1. The fourth-order valence-corrected chi connectivity index (χ4v) is 1.42. The third-order valence-electron chi connectivity index (χ3n) is 3.60. The second-order valence-corrected chi connectivity index (χ2v) is 5.44.